The molecule has 2 aromatic heterocycles. The summed E-state index contributed by atoms with van der Waals surface area (Å²) in [6, 6.07) is 16.5. The molecule has 0 radical (unpaired) electrons. The summed E-state index contributed by atoms with van der Waals surface area (Å²) in [7, 11) is 0. The van der Waals surface area contributed by atoms with E-state index >= 15 is 0 Å². The third kappa shape index (κ3) is 3.81. The fraction of sp³-hybridized carbons (Fsp3) is 0.0909. The summed E-state index contributed by atoms with van der Waals surface area (Å²) in [6.45, 7) is 2.66. The number of nitrogen functional groups attached to an aromatic ring is 1. The molecule has 28 heavy (non-hydrogen) atoms. The summed E-state index contributed by atoms with van der Waals surface area (Å²) in [6.07, 6.45) is 5.41. The molecule has 0 unspecified atom stereocenters. The lowest BCUT2D eigenvalue weighted by Gasteiger charge is -2.10. The summed E-state index contributed by atoms with van der Waals surface area (Å²) in [5.41, 5.74) is 10.7. The Kier molecular flexibility index (Phi) is 4.68. The van der Waals surface area contributed by atoms with Crippen molar-refractivity contribution < 1.29 is 9.21 Å². The van der Waals surface area contributed by atoms with Gasteiger partial charge in [-0.15, -0.1) is 0 Å². The SMILES string of the molecule is Cc1cnn(Cc2ccc(C(=O)Nc3cc(-c4ccco4)ccc3N)cc2)c1. The Balaban J connectivity index is 1.48. The smallest absolute Gasteiger partial charge is 0.255 e. The number of amides is 1. The van der Waals surface area contributed by atoms with E-state index in [0.29, 0.717) is 29.2 Å². The molecule has 0 bridgehead atoms. The summed E-state index contributed by atoms with van der Waals surface area (Å²) >= 11 is 0. The summed E-state index contributed by atoms with van der Waals surface area (Å²) in [4.78, 5) is 12.6. The van der Waals surface area contributed by atoms with Gasteiger partial charge in [0.1, 0.15) is 5.76 Å². The summed E-state index contributed by atoms with van der Waals surface area (Å²) in [5, 5.41) is 7.16. The van der Waals surface area contributed by atoms with E-state index in [4.69, 9.17) is 10.2 Å². The monoisotopic (exact) mass is 372 g/mol. The molecule has 0 saturated heterocycles. The summed E-state index contributed by atoms with van der Waals surface area (Å²) < 4.78 is 7.27. The van der Waals surface area contributed by atoms with Crippen molar-refractivity contribution in [3.63, 3.8) is 0 Å². The number of carbonyl (C=O) groups excluding carboxylic acids is 1. The highest BCUT2D eigenvalue weighted by Crippen LogP contribution is 2.28. The second-order valence-corrected chi connectivity index (χ2v) is 6.65. The third-order valence-corrected chi connectivity index (χ3v) is 4.43. The highest BCUT2D eigenvalue weighted by Gasteiger charge is 2.11. The zero-order valence-electron chi connectivity index (χ0n) is 15.4. The predicted molar refractivity (Wildman–Crippen MR) is 109 cm³/mol. The van der Waals surface area contributed by atoms with Gasteiger partial charge in [-0.25, -0.2) is 0 Å². The van der Waals surface area contributed by atoms with Crippen molar-refractivity contribution in [2.24, 2.45) is 0 Å². The molecule has 0 aliphatic carbocycles. The maximum Gasteiger partial charge on any atom is 0.255 e. The van der Waals surface area contributed by atoms with Gasteiger partial charge >= 0.3 is 0 Å². The van der Waals surface area contributed by atoms with Gasteiger partial charge in [0.25, 0.3) is 5.91 Å². The second kappa shape index (κ2) is 7.44. The van der Waals surface area contributed by atoms with Crippen molar-refractivity contribution in [2.75, 3.05) is 11.1 Å². The average molecular weight is 372 g/mol. The minimum Gasteiger partial charge on any atom is -0.464 e. The number of nitrogens with one attached hydrogen (secondary N) is 1. The number of carbonyl (C=O) groups is 1. The van der Waals surface area contributed by atoms with Gasteiger partial charge in [-0.1, -0.05) is 12.1 Å². The topological polar surface area (TPSA) is 86.1 Å². The fourth-order valence-corrected chi connectivity index (χ4v) is 2.96. The zero-order chi connectivity index (χ0) is 19.5. The molecule has 0 aliphatic rings. The second-order valence-electron chi connectivity index (χ2n) is 6.65. The number of aryl methyl sites for hydroxylation is 1. The molecule has 0 spiro atoms. The van der Waals surface area contributed by atoms with Crippen LogP contribution in [0.4, 0.5) is 11.4 Å². The molecule has 0 atom stereocenters. The number of rotatable bonds is 5. The molecule has 140 valence electrons. The zero-order valence-corrected chi connectivity index (χ0v) is 15.4. The first-order chi connectivity index (χ1) is 13.6. The average Bonchev–Trinajstić information content (AvgIpc) is 3.36. The number of aromatic nitrogens is 2. The van der Waals surface area contributed by atoms with E-state index in [0.717, 1.165) is 16.7 Å². The first-order valence-corrected chi connectivity index (χ1v) is 8.91. The van der Waals surface area contributed by atoms with Crippen LogP contribution in [0, 0.1) is 6.92 Å². The highest BCUT2D eigenvalue weighted by molar-refractivity contribution is 6.06. The molecule has 0 fully saturated rings. The van der Waals surface area contributed by atoms with Crippen LogP contribution in [0.2, 0.25) is 0 Å². The Bertz CT molecular complexity index is 1100. The van der Waals surface area contributed by atoms with Crippen molar-refractivity contribution >= 4 is 17.3 Å². The Morgan fingerprint density at radius 1 is 1.18 bits per heavy atom. The number of hydrogen-bond donors (Lipinski definition) is 2. The standard InChI is InChI=1S/C22H20N4O2/c1-15-12-24-26(13-15)14-16-4-6-17(7-5-16)22(27)25-20-11-18(8-9-19(20)23)21-3-2-10-28-21/h2-13H,14,23H2,1H3,(H,25,27). The van der Waals surface area contributed by atoms with Gasteiger partial charge in [0.2, 0.25) is 0 Å². The van der Waals surface area contributed by atoms with Crippen molar-refractivity contribution in [3.05, 3.63) is 89.9 Å². The van der Waals surface area contributed by atoms with Crippen molar-refractivity contribution in [1.29, 1.82) is 0 Å². The first kappa shape index (κ1) is 17.6. The van der Waals surface area contributed by atoms with Gasteiger partial charge < -0.3 is 15.5 Å². The number of nitrogens with two attached hydrogens (primary N) is 1. The molecule has 4 aromatic rings. The number of nitrogens with zero attached hydrogens (tertiary/aromatic N) is 2. The number of anilines is 2. The lowest BCUT2D eigenvalue weighted by molar-refractivity contribution is 0.102. The minimum absolute atomic E-state index is 0.218. The molecular weight excluding hydrogens is 352 g/mol. The van der Waals surface area contributed by atoms with Crippen LogP contribution in [0.1, 0.15) is 21.5 Å². The molecule has 6 nitrogen and oxygen atoms in total. The number of benzene rings is 2. The molecular formula is C22H20N4O2. The van der Waals surface area contributed by atoms with E-state index in [-0.39, 0.29) is 5.91 Å². The van der Waals surface area contributed by atoms with E-state index < -0.39 is 0 Å². The molecule has 3 N–H and O–H groups in total. The highest BCUT2D eigenvalue weighted by atomic mass is 16.3. The van der Waals surface area contributed by atoms with Gasteiger partial charge in [0.15, 0.2) is 0 Å². The van der Waals surface area contributed by atoms with Crippen LogP contribution in [-0.4, -0.2) is 15.7 Å². The lowest BCUT2D eigenvalue weighted by atomic mass is 10.1. The summed E-state index contributed by atoms with van der Waals surface area (Å²) in [5.74, 6) is 0.499. The first-order valence-electron chi connectivity index (χ1n) is 8.91. The van der Waals surface area contributed by atoms with E-state index in [1.165, 1.54) is 0 Å². The van der Waals surface area contributed by atoms with E-state index in [9.17, 15) is 4.79 Å². The molecule has 1 amide bonds. The number of hydrogen-bond acceptors (Lipinski definition) is 4. The van der Waals surface area contributed by atoms with Crippen LogP contribution in [0.15, 0.2) is 77.7 Å². The predicted octanol–water partition coefficient (Wildman–Crippen LogP) is 4.33. The maximum atomic E-state index is 12.6. The lowest BCUT2D eigenvalue weighted by Crippen LogP contribution is -2.13. The Morgan fingerprint density at radius 2 is 2.00 bits per heavy atom. The van der Waals surface area contributed by atoms with Crippen LogP contribution in [0.5, 0.6) is 0 Å². The molecule has 6 heteroatoms. The molecule has 2 heterocycles. The van der Waals surface area contributed by atoms with Crippen LogP contribution in [-0.2, 0) is 6.54 Å². The molecule has 4 rings (SSSR count). The molecule has 2 aromatic carbocycles. The number of furan rings is 1. The van der Waals surface area contributed by atoms with E-state index in [1.807, 2.05) is 54.3 Å². The van der Waals surface area contributed by atoms with Crippen LogP contribution in [0.3, 0.4) is 0 Å². The van der Waals surface area contributed by atoms with Crippen LogP contribution >= 0.6 is 0 Å². The van der Waals surface area contributed by atoms with E-state index in [2.05, 4.69) is 10.4 Å². The van der Waals surface area contributed by atoms with Gasteiger partial charge in [-0.05, 0) is 60.5 Å². The minimum atomic E-state index is -0.218. The van der Waals surface area contributed by atoms with Crippen LogP contribution in [0.25, 0.3) is 11.3 Å². The maximum absolute atomic E-state index is 12.6. The largest absolute Gasteiger partial charge is 0.464 e. The molecule has 0 aliphatic heterocycles. The van der Waals surface area contributed by atoms with Crippen molar-refractivity contribution in [1.82, 2.24) is 9.78 Å². The van der Waals surface area contributed by atoms with Gasteiger partial charge in [0, 0.05) is 17.3 Å². The van der Waals surface area contributed by atoms with Gasteiger partial charge in [-0.3, -0.25) is 9.48 Å². The molecule has 0 saturated carbocycles. The van der Waals surface area contributed by atoms with Gasteiger partial charge in [-0.2, -0.15) is 5.10 Å². The normalized spacial score (nSPS) is 10.8. The Labute approximate surface area is 162 Å². The van der Waals surface area contributed by atoms with Gasteiger partial charge in [0.05, 0.1) is 30.4 Å². The quantitative estimate of drug-likeness (QED) is 0.511. The van der Waals surface area contributed by atoms with E-state index in [1.54, 1.807) is 30.5 Å². The van der Waals surface area contributed by atoms with Crippen LogP contribution < -0.4 is 11.1 Å². The third-order valence-electron chi connectivity index (χ3n) is 4.43. The Hall–Kier alpha value is -3.80. The van der Waals surface area contributed by atoms with Crippen molar-refractivity contribution in [2.45, 2.75) is 13.5 Å². The Morgan fingerprint density at radius 3 is 2.68 bits per heavy atom. The van der Waals surface area contributed by atoms with Crippen molar-refractivity contribution in [3.8, 4) is 11.3 Å². The fourth-order valence-electron chi connectivity index (χ4n) is 2.96.